The summed E-state index contributed by atoms with van der Waals surface area (Å²) in [7, 11) is 0. The first-order valence-electron chi connectivity index (χ1n) is 11.5. The number of rotatable bonds is 2. The van der Waals surface area contributed by atoms with Gasteiger partial charge in [0.1, 0.15) is 11.2 Å². The lowest BCUT2D eigenvalue weighted by molar-refractivity contribution is 0.670. The van der Waals surface area contributed by atoms with Crippen LogP contribution in [0, 0.1) is 6.92 Å². The van der Waals surface area contributed by atoms with E-state index in [1.54, 1.807) is 0 Å². The second kappa shape index (κ2) is 6.98. The van der Waals surface area contributed by atoms with E-state index in [1.165, 1.54) is 38.8 Å². The van der Waals surface area contributed by atoms with E-state index in [0.717, 1.165) is 16.7 Å². The summed E-state index contributed by atoms with van der Waals surface area (Å²) in [5.74, 6) is 0.334. The number of aryl methyl sites for hydroxylation is 1. The van der Waals surface area contributed by atoms with Crippen molar-refractivity contribution in [2.24, 2.45) is 0 Å². The summed E-state index contributed by atoms with van der Waals surface area (Å²) in [6, 6.07) is 30.8. The number of hydrogen-bond donors (Lipinski definition) is 0. The lowest BCUT2D eigenvalue weighted by Crippen LogP contribution is -2.28. The van der Waals surface area contributed by atoms with E-state index in [-0.39, 0.29) is 0 Å². The second-order valence-corrected chi connectivity index (χ2v) is 9.05. The number of hydrogen-bond acceptors (Lipinski definition) is 2. The van der Waals surface area contributed by atoms with Crippen molar-refractivity contribution in [3.8, 4) is 11.1 Å². The smallest absolute Gasteiger partial charge is 0.143 e. The Morgan fingerprint density at radius 2 is 1.58 bits per heavy atom. The third-order valence-corrected chi connectivity index (χ3v) is 7.08. The SMILES string of the molecule is Cc1ccc(N2c3ccc(-c4cccc5c4oc4ccccc45)cc3C3C=CC=CC32)cc1. The lowest BCUT2D eigenvalue weighted by atomic mass is 9.89. The fourth-order valence-corrected chi connectivity index (χ4v) is 5.49. The maximum absolute atomic E-state index is 6.33. The number of para-hydroxylation sites is 2. The number of anilines is 2. The normalized spacial score (nSPS) is 18.8. The summed E-state index contributed by atoms with van der Waals surface area (Å²) in [5.41, 5.74) is 9.41. The zero-order valence-electron chi connectivity index (χ0n) is 18.4. The largest absolute Gasteiger partial charge is 0.455 e. The molecule has 33 heavy (non-hydrogen) atoms. The quantitative estimate of drug-likeness (QED) is 0.283. The molecule has 2 nitrogen and oxygen atoms in total. The van der Waals surface area contributed by atoms with Crippen LogP contribution in [-0.4, -0.2) is 6.04 Å². The Bertz CT molecular complexity index is 1590. The molecule has 1 aliphatic heterocycles. The molecule has 0 spiro atoms. The number of fused-ring (bicyclic) bond motifs is 6. The molecule has 2 heterocycles. The minimum Gasteiger partial charge on any atom is -0.455 e. The maximum Gasteiger partial charge on any atom is 0.143 e. The second-order valence-electron chi connectivity index (χ2n) is 9.05. The zero-order chi connectivity index (χ0) is 21.9. The summed E-state index contributed by atoms with van der Waals surface area (Å²) in [6.07, 6.45) is 9.01. The highest BCUT2D eigenvalue weighted by Crippen LogP contribution is 2.49. The Balaban J connectivity index is 1.41. The van der Waals surface area contributed by atoms with Crippen LogP contribution in [0.3, 0.4) is 0 Å². The van der Waals surface area contributed by atoms with Gasteiger partial charge in [-0.05, 0) is 48.4 Å². The predicted molar refractivity (Wildman–Crippen MR) is 137 cm³/mol. The Labute approximate surface area is 193 Å². The molecule has 1 aliphatic carbocycles. The van der Waals surface area contributed by atoms with E-state index in [0.29, 0.717) is 12.0 Å². The van der Waals surface area contributed by atoms with E-state index in [9.17, 15) is 0 Å². The number of allylic oxidation sites excluding steroid dienone is 2. The van der Waals surface area contributed by atoms with Crippen molar-refractivity contribution in [1.29, 1.82) is 0 Å². The van der Waals surface area contributed by atoms with Gasteiger partial charge in [-0.2, -0.15) is 0 Å². The molecule has 0 saturated carbocycles. The monoisotopic (exact) mass is 425 g/mol. The van der Waals surface area contributed by atoms with Gasteiger partial charge in [0, 0.05) is 33.6 Å². The van der Waals surface area contributed by atoms with Gasteiger partial charge >= 0.3 is 0 Å². The molecule has 7 rings (SSSR count). The first kappa shape index (κ1) is 18.5. The van der Waals surface area contributed by atoms with Gasteiger partial charge in [0.2, 0.25) is 0 Å². The standard InChI is InChI=1S/C31H23NO/c1-20-13-16-22(17-14-20)32-28-11-4-2-7-24(28)27-19-21(15-18-29(27)32)23-9-6-10-26-25-8-3-5-12-30(25)33-31(23)26/h2-19,24,28H,1H3. The molecule has 158 valence electrons. The summed E-state index contributed by atoms with van der Waals surface area (Å²) >= 11 is 0. The molecule has 2 atom stereocenters. The van der Waals surface area contributed by atoms with Crippen molar-refractivity contribution in [3.63, 3.8) is 0 Å². The molecule has 0 bridgehead atoms. The van der Waals surface area contributed by atoms with Gasteiger partial charge in [0.15, 0.2) is 0 Å². The summed E-state index contributed by atoms with van der Waals surface area (Å²) in [4.78, 5) is 2.48. The van der Waals surface area contributed by atoms with Crippen LogP contribution in [0.1, 0.15) is 17.0 Å². The van der Waals surface area contributed by atoms with Crippen LogP contribution >= 0.6 is 0 Å². The molecule has 4 aromatic carbocycles. The fraction of sp³-hybridized carbons (Fsp3) is 0.0968. The zero-order valence-corrected chi connectivity index (χ0v) is 18.4. The molecular weight excluding hydrogens is 402 g/mol. The first-order valence-corrected chi connectivity index (χ1v) is 11.5. The van der Waals surface area contributed by atoms with Gasteiger partial charge in [-0.25, -0.2) is 0 Å². The highest BCUT2D eigenvalue weighted by Gasteiger charge is 2.37. The van der Waals surface area contributed by atoms with Crippen molar-refractivity contribution in [3.05, 3.63) is 120 Å². The molecule has 2 unspecified atom stereocenters. The first-order chi connectivity index (χ1) is 16.3. The van der Waals surface area contributed by atoms with Crippen LogP contribution in [-0.2, 0) is 0 Å². The third-order valence-electron chi connectivity index (χ3n) is 7.08. The van der Waals surface area contributed by atoms with Crippen LogP contribution in [0.4, 0.5) is 11.4 Å². The van der Waals surface area contributed by atoms with Crippen LogP contribution in [0.5, 0.6) is 0 Å². The van der Waals surface area contributed by atoms with Gasteiger partial charge in [-0.15, -0.1) is 0 Å². The molecule has 0 radical (unpaired) electrons. The van der Waals surface area contributed by atoms with Gasteiger partial charge < -0.3 is 9.32 Å². The minimum absolute atomic E-state index is 0.296. The van der Waals surface area contributed by atoms with E-state index in [4.69, 9.17) is 4.42 Å². The molecule has 0 fully saturated rings. The van der Waals surface area contributed by atoms with E-state index < -0.39 is 0 Å². The Hall–Kier alpha value is -4.04. The number of benzene rings is 4. The fourth-order valence-electron chi connectivity index (χ4n) is 5.49. The van der Waals surface area contributed by atoms with E-state index >= 15 is 0 Å². The topological polar surface area (TPSA) is 16.4 Å². The van der Waals surface area contributed by atoms with Crippen LogP contribution < -0.4 is 4.90 Å². The van der Waals surface area contributed by atoms with Crippen LogP contribution in [0.25, 0.3) is 33.1 Å². The lowest BCUT2D eigenvalue weighted by Gasteiger charge is -2.28. The molecule has 0 saturated heterocycles. The van der Waals surface area contributed by atoms with Gasteiger partial charge in [0.05, 0.1) is 6.04 Å². The van der Waals surface area contributed by atoms with Crippen LogP contribution in [0.2, 0.25) is 0 Å². The molecular formula is C31H23NO. The maximum atomic E-state index is 6.33. The Morgan fingerprint density at radius 1 is 0.758 bits per heavy atom. The third kappa shape index (κ3) is 2.74. The van der Waals surface area contributed by atoms with Gasteiger partial charge in [0.25, 0.3) is 0 Å². The highest BCUT2D eigenvalue weighted by molar-refractivity contribution is 6.09. The predicted octanol–water partition coefficient (Wildman–Crippen LogP) is 8.29. The minimum atomic E-state index is 0.296. The summed E-state index contributed by atoms with van der Waals surface area (Å²) < 4.78 is 6.33. The highest BCUT2D eigenvalue weighted by atomic mass is 16.3. The Kier molecular flexibility index (Phi) is 3.92. The van der Waals surface area contributed by atoms with Crippen molar-refractivity contribution in [1.82, 2.24) is 0 Å². The molecule has 0 N–H and O–H groups in total. The molecule has 2 aliphatic rings. The number of nitrogens with zero attached hydrogens (tertiary/aromatic N) is 1. The summed E-state index contributed by atoms with van der Waals surface area (Å²) in [5, 5.41) is 2.34. The molecule has 5 aromatic rings. The van der Waals surface area contributed by atoms with Crippen molar-refractivity contribution in [2.75, 3.05) is 4.90 Å². The summed E-state index contributed by atoms with van der Waals surface area (Å²) in [6.45, 7) is 2.14. The van der Waals surface area contributed by atoms with E-state index in [2.05, 4.69) is 109 Å². The average Bonchev–Trinajstić information content (AvgIpc) is 3.40. The van der Waals surface area contributed by atoms with E-state index in [1.807, 2.05) is 12.1 Å². The van der Waals surface area contributed by atoms with Crippen molar-refractivity contribution in [2.45, 2.75) is 18.9 Å². The van der Waals surface area contributed by atoms with Gasteiger partial charge in [-0.3, -0.25) is 0 Å². The Morgan fingerprint density at radius 3 is 2.48 bits per heavy atom. The molecule has 0 amide bonds. The van der Waals surface area contributed by atoms with Gasteiger partial charge in [-0.1, -0.05) is 84.5 Å². The van der Waals surface area contributed by atoms with Crippen molar-refractivity contribution < 1.29 is 4.42 Å². The average molecular weight is 426 g/mol. The molecule has 2 heteroatoms. The van der Waals surface area contributed by atoms with Crippen molar-refractivity contribution >= 4 is 33.3 Å². The molecule has 1 aromatic heterocycles. The number of furan rings is 1. The van der Waals surface area contributed by atoms with Crippen LogP contribution in [0.15, 0.2) is 114 Å².